The van der Waals surface area contributed by atoms with Crippen molar-refractivity contribution in [1.29, 1.82) is 0 Å². The summed E-state index contributed by atoms with van der Waals surface area (Å²) in [5, 5.41) is 13.5. The van der Waals surface area contributed by atoms with E-state index in [-0.39, 0.29) is 35.1 Å². The number of nitrogens with zero attached hydrogens (tertiary/aromatic N) is 2. The van der Waals surface area contributed by atoms with Crippen LogP contribution in [0, 0.1) is 10.1 Å². The molecule has 2 aromatic carbocycles. The number of nitrogens with one attached hydrogen (secondary N) is 1. The molecule has 1 aliphatic rings. The third kappa shape index (κ3) is 5.45. The highest BCUT2D eigenvalue weighted by Gasteiger charge is 2.27. The van der Waals surface area contributed by atoms with Crippen molar-refractivity contribution in [2.75, 3.05) is 38.7 Å². The third-order valence-electron chi connectivity index (χ3n) is 4.54. The Morgan fingerprint density at radius 2 is 1.97 bits per heavy atom. The minimum atomic E-state index is -3.75. The van der Waals surface area contributed by atoms with Gasteiger partial charge in [-0.25, -0.2) is 8.42 Å². The molecule has 1 amide bonds. The van der Waals surface area contributed by atoms with Gasteiger partial charge in [-0.1, -0.05) is 12.1 Å². The van der Waals surface area contributed by atoms with E-state index in [2.05, 4.69) is 5.32 Å². The molecular weight excluding hydrogens is 426 g/mol. The quantitative estimate of drug-likeness (QED) is 0.392. The third-order valence-corrected chi connectivity index (χ3v) is 6.44. The zero-order valence-electron chi connectivity index (χ0n) is 16.7. The molecule has 0 bridgehead atoms. The summed E-state index contributed by atoms with van der Waals surface area (Å²) in [4.78, 5) is 22.7. The molecule has 31 heavy (non-hydrogen) atoms. The summed E-state index contributed by atoms with van der Waals surface area (Å²) in [6.07, 6.45) is 2.62. The van der Waals surface area contributed by atoms with E-state index < -0.39 is 20.9 Å². The number of carbonyl (C=O) groups excluding carboxylic acids is 1. The number of anilines is 1. The van der Waals surface area contributed by atoms with Gasteiger partial charge in [0.05, 0.1) is 35.8 Å². The first kappa shape index (κ1) is 22.4. The number of sulfonamides is 1. The molecule has 1 heterocycles. The molecular formula is C20H21N3O7S. The van der Waals surface area contributed by atoms with Crippen molar-refractivity contribution < 1.29 is 27.6 Å². The molecule has 11 heteroatoms. The molecule has 0 spiro atoms. The van der Waals surface area contributed by atoms with Gasteiger partial charge in [0.2, 0.25) is 15.9 Å². The van der Waals surface area contributed by atoms with E-state index in [0.717, 1.165) is 0 Å². The predicted octanol–water partition coefficient (Wildman–Crippen LogP) is 2.28. The molecule has 3 rings (SSSR count). The lowest BCUT2D eigenvalue weighted by atomic mass is 10.2. The zero-order valence-corrected chi connectivity index (χ0v) is 17.5. The zero-order chi connectivity index (χ0) is 22.4. The molecule has 1 aliphatic heterocycles. The van der Waals surface area contributed by atoms with Crippen LogP contribution in [-0.2, 0) is 19.6 Å². The van der Waals surface area contributed by atoms with Gasteiger partial charge in [0, 0.05) is 31.3 Å². The topological polar surface area (TPSA) is 128 Å². The van der Waals surface area contributed by atoms with E-state index in [9.17, 15) is 23.3 Å². The van der Waals surface area contributed by atoms with E-state index in [1.165, 1.54) is 60.0 Å². The first-order chi connectivity index (χ1) is 14.8. The summed E-state index contributed by atoms with van der Waals surface area (Å²) in [7, 11) is -2.35. The average molecular weight is 447 g/mol. The van der Waals surface area contributed by atoms with Crippen molar-refractivity contribution in [3.63, 3.8) is 0 Å². The van der Waals surface area contributed by atoms with Crippen LogP contribution in [0.5, 0.6) is 5.75 Å². The number of benzene rings is 2. The molecule has 2 aromatic rings. The Morgan fingerprint density at radius 3 is 2.65 bits per heavy atom. The Morgan fingerprint density at radius 1 is 1.23 bits per heavy atom. The van der Waals surface area contributed by atoms with Crippen LogP contribution < -0.4 is 10.1 Å². The van der Waals surface area contributed by atoms with Gasteiger partial charge in [-0.3, -0.25) is 14.9 Å². The van der Waals surface area contributed by atoms with E-state index >= 15 is 0 Å². The summed E-state index contributed by atoms with van der Waals surface area (Å²) in [5.41, 5.74) is 0.565. The minimum absolute atomic E-state index is 0.0214. The van der Waals surface area contributed by atoms with E-state index in [1.54, 1.807) is 6.07 Å². The highest BCUT2D eigenvalue weighted by molar-refractivity contribution is 7.89. The van der Waals surface area contributed by atoms with Gasteiger partial charge in [-0.2, -0.15) is 4.31 Å². The minimum Gasteiger partial charge on any atom is -0.495 e. The second kappa shape index (κ2) is 9.69. The first-order valence-corrected chi connectivity index (χ1v) is 10.7. The number of nitro benzene ring substituents is 1. The normalized spacial score (nSPS) is 15.0. The molecule has 0 unspecified atom stereocenters. The molecule has 1 N–H and O–H groups in total. The van der Waals surface area contributed by atoms with Gasteiger partial charge < -0.3 is 14.8 Å². The molecule has 164 valence electrons. The number of nitro groups is 1. The SMILES string of the molecule is COc1ccc(S(=O)(=O)N2CCOCC2)cc1NC(=O)/C=C/c1cccc([N+](=O)[O-])c1. The Kier molecular flexibility index (Phi) is 7.00. The van der Waals surface area contributed by atoms with Crippen molar-refractivity contribution in [2.45, 2.75) is 4.90 Å². The maximum absolute atomic E-state index is 12.9. The molecule has 0 atom stereocenters. The van der Waals surface area contributed by atoms with Crippen LogP contribution in [0.15, 0.2) is 53.4 Å². The van der Waals surface area contributed by atoms with E-state index in [4.69, 9.17) is 9.47 Å². The standard InChI is InChI=1S/C20H21N3O7S/c1-29-19-7-6-17(31(27,28)22-9-11-30-12-10-22)14-18(19)21-20(24)8-5-15-3-2-4-16(13-15)23(25)26/h2-8,13-14H,9-12H2,1H3,(H,21,24)/b8-5+. The smallest absolute Gasteiger partial charge is 0.270 e. The number of methoxy groups -OCH3 is 1. The Labute approximate surface area is 179 Å². The summed E-state index contributed by atoms with van der Waals surface area (Å²) in [6, 6.07) is 10.0. The fourth-order valence-corrected chi connectivity index (χ4v) is 4.40. The molecule has 0 aromatic heterocycles. The van der Waals surface area contributed by atoms with Gasteiger partial charge in [0.1, 0.15) is 5.75 Å². The molecule has 1 fully saturated rings. The number of carbonyl (C=O) groups is 1. The van der Waals surface area contributed by atoms with Crippen molar-refractivity contribution in [3.05, 3.63) is 64.2 Å². The fourth-order valence-electron chi connectivity index (χ4n) is 2.97. The summed E-state index contributed by atoms with van der Waals surface area (Å²) in [6.45, 7) is 1.15. The van der Waals surface area contributed by atoms with E-state index in [0.29, 0.717) is 18.8 Å². The number of amides is 1. The van der Waals surface area contributed by atoms with Crippen LogP contribution >= 0.6 is 0 Å². The van der Waals surface area contributed by atoms with Crippen LogP contribution in [0.3, 0.4) is 0 Å². The molecule has 1 saturated heterocycles. The molecule has 0 radical (unpaired) electrons. The highest BCUT2D eigenvalue weighted by Crippen LogP contribution is 2.29. The molecule has 0 aliphatic carbocycles. The number of morpholine rings is 1. The molecule has 0 saturated carbocycles. The maximum atomic E-state index is 12.9. The number of hydrogen-bond acceptors (Lipinski definition) is 7. The number of ether oxygens (including phenoxy) is 2. The number of rotatable bonds is 7. The van der Waals surface area contributed by atoms with Gasteiger partial charge in [-0.15, -0.1) is 0 Å². The van der Waals surface area contributed by atoms with E-state index in [1.807, 2.05) is 0 Å². The monoisotopic (exact) mass is 447 g/mol. The summed E-state index contributed by atoms with van der Waals surface area (Å²) in [5.74, 6) is -0.260. The summed E-state index contributed by atoms with van der Waals surface area (Å²) < 4.78 is 37.5. The number of hydrogen-bond donors (Lipinski definition) is 1. The Balaban J connectivity index is 1.80. The lowest BCUT2D eigenvalue weighted by Crippen LogP contribution is -2.40. The van der Waals surface area contributed by atoms with Crippen LogP contribution in [0.2, 0.25) is 0 Å². The van der Waals surface area contributed by atoms with Gasteiger partial charge in [0.15, 0.2) is 0 Å². The Bertz CT molecular complexity index is 1110. The first-order valence-electron chi connectivity index (χ1n) is 9.31. The van der Waals surface area contributed by atoms with Crippen LogP contribution in [0.25, 0.3) is 6.08 Å². The molecule has 10 nitrogen and oxygen atoms in total. The van der Waals surface area contributed by atoms with Gasteiger partial charge in [0.25, 0.3) is 5.69 Å². The van der Waals surface area contributed by atoms with Crippen LogP contribution in [0.4, 0.5) is 11.4 Å². The van der Waals surface area contributed by atoms with Crippen molar-refractivity contribution >= 4 is 33.4 Å². The lowest BCUT2D eigenvalue weighted by molar-refractivity contribution is -0.384. The second-order valence-corrected chi connectivity index (χ2v) is 8.49. The largest absolute Gasteiger partial charge is 0.495 e. The average Bonchev–Trinajstić information content (AvgIpc) is 2.78. The van der Waals surface area contributed by atoms with Gasteiger partial charge >= 0.3 is 0 Å². The predicted molar refractivity (Wildman–Crippen MR) is 113 cm³/mol. The Hall–Kier alpha value is -3.28. The second-order valence-electron chi connectivity index (χ2n) is 6.55. The van der Waals surface area contributed by atoms with Gasteiger partial charge in [-0.05, 0) is 29.8 Å². The fraction of sp³-hybridized carbons (Fsp3) is 0.250. The number of non-ortho nitro benzene ring substituents is 1. The van der Waals surface area contributed by atoms with Crippen molar-refractivity contribution in [3.8, 4) is 5.75 Å². The summed E-state index contributed by atoms with van der Waals surface area (Å²) >= 11 is 0. The van der Waals surface area contributed by atoms with Crippen molar-refractivity contribution in [2.24, 2.45) is 0 Å². The van der Waals surface area contributed by atoms with Crippen LogP contribution in [-0.4, -0.2) is 57.0 Å². The highest BCUT2D eigenvalue weighted by atomic mass is 32.2. The van der Waals surface area contributed by atoms with Crippen molar-refractivity contribution in [1.82, 2.24) is 4.31 Å². The maximum Gasteiger partial charge on any atom is 0.270 e. The lowest BCUT2D eigenvalue weighted by Gasteiger charge is -2.26. The van der Waals surface area contributed by atoms with Crippen LogP contribution in [0.1, 0.15) is 5.56 Å².